The predicted molar refractivity (Wildman–Crippen MR) is 68.8 cm³/mol. The van der Waals surface area contributed by atoms with E-state index in [9.17, 15) is 8.42 Å². The number of hydrogen-bond acceptors (Lipinski definition) is 3. The summed E-state index contributed by atoms with van der Waals surface area (Å²) in [5.41, 5.74) is 6.80. The van der Waals surface area contributed by atoms with Crippen LogP contribution in [-0.4, -0.2) is 26.3 Å². The third-order valence-corrected chi connectivity index (χ3v) is 5.02. The number of sulfonamides is 1. The fraction of sp³-hybridized carbons (Fsp3) is 0.400. The lowest BCUT2D eigenvalue weighted by Crippen LogP contribution is -2.27. The number of nitrogens with zero attached hydrogens (tertiary/aromatic N) is 1. The molecule has 0 saturated heterocycles. The largest absolute Gasteiger partial charge is 0.398 e. The van der Waals surface area contributed by atoms with Crippen molar-refractivity contribution in [3.05, 3.63) is 22.2 Å². The van der Waals surface area contributed by atoms with Gasteiger partial charge >= 0.3 is 0 Å². The van der Waals surface area contributed by atoms with Crippen molar-refractivity contribution in [3.8, 4) is 0 Å². The van der Waals surface area contributed by atoms with Gasteiger partial charge in [0.2, 0.25) is 10.0 Å². The van der Waals surface area contributed by atoms with E-state index in [-0.39, 0.29) is 4.90 Å². The standard InChI is InChI=1S/C10H15BrN2O2S/c1-4-13(3)16(14,15)10-6-8(11)5-9(12)7(10)2/h5-6H,4,12H2,1-3H3. The summed E-state index contributed by atoms with van der Waals surface area (Å²) in [6.45, 7) is 3.92. The molecule has 0 aliphatic rings. The van der Waals surface area contributed by atoms with Crippen LogP contribution in [0.2, 0.25) is 0 Å². The van der Waals surface area contributed by atoms with Crippen LogP contribution in [0.1, 0.15) is 12.5 Å². The van der Waals surface area contributed by atoms with Crippen molar-refractivity contribution in [2.24, 2.45) is 0 Å². The molecule has 0 bridgehead atoms. The van der Waals surface area contributed by atoms with E-state index in [0.29, 0.717) is 22.3 Å². The molecule has 0 aliphatic carbocycles. The molecule has 6 heteroatoms. The monoisotopic (exact) mass is 306 g/mol. The third-order valence-electron chi connectivity index (χ3n) is 2.50. The molecule has 0 aliphatic heterocycles. The Morgan fingerprint density at radius 2 is 2.00 bits per heavy atom. The maximum atomic E-state index is 12.1. The maximum Gasteiger partial charge on any atom is 0.243 e. The molecule has 0 spiro atoms. The Morgan fingerprint density at radius 1 is 1.44 bits per heavy atom. The Labute approximate surface area is 105 Å². The molecule has 2 N–H and O–H groups in total. The highest BCUT2D eigenvalue weighted by Gasteiger charge is 2.22. The van der Waals surface area contributed by atoms with Gasteiger partial charge in [0.15, 0.2) is 0 Å². The van der Waals surface area contributed by atoms with Crippen LogP contribution in [0, 0.1) is 6.92 Å². The van der Waals surface area contributed by atoms with Crippen LogP contribution in [-0.2, 0) is 10.0 Å². The van der Waals surface area contributed by atoms with Crippen LogP contribution in [0.15, 0.2) is 21.5 Å². The van der Waals surface area contributed by atoms with E-state index in [4.69, 9.17) is 5.73 Å². The third kappa shape index (κ3) is 2.39. The summed E-state index contributed by atoms with van der Waals surface area (Å²) in [6, 6.07) is 3.27. The summed E-state index contributed by atoms with van der Waals surface area (Å²) in [5.74, 6) is 0. The van der Waals surface area contributed by atoms with Gasteiger partial charge in [-0.1, -0.05) is 22.9 Å². The smallest absolute Gasteiger partial charge is 0.243 e. The number of nitrogen functional groups attached to an aromatic ring is 1. The van der Waals surface area contributed by atoms with Crippen molar-refractivity contribution in [3.63, 3.8) is 0 Å². The Morgan fingerprint density at radius 3 is 2.50 bits per heavy atom. The van der Waals surface area contributed by atoms with Crippen LogP contribution < -0.4 is 5.73 Å². The molecule has 16 heavy (non-hydrogen) atoms. The van der Waals surface area contributed by atoms with Gasteiger partial charge in [-0.05, 0) is 24.6 Å². The van der Waals surface area contributed by atoms with Crippen molar-refractivity contribution in [1.29, 1.82) is 0 Å². The van der Waals surface area contributed by atoms with E-state index in [1.165, 1.54) is 4.31 Å². The first kappa shape index (κ1) is 13.5. The highest BCUT2D eigenvalue weighted by atomic mass is 79.9. The second-order valence-electron chi connectivity index (χ2n) is 3.54. The molecule has 0 aromatic heterocycles. The molecule has 0 amide bonds. The van der Waals surface area contributed by atoms with Gasteiger partial charge in [0.05, 0.1) is 4.90 Å². The van der Waals surface area contributed by atoms with E-state index in [0.717, 1.165) is 0 Å². The molecule has 1 aromatic carbocycles. The zero-order chi connectivity index (χ0) is 12.5. The Hall–Kier alpha value is -0.590. The van der Waals surface area contributed by atoms with Crippen molar-refractivity contribution in [1.82, 2.24) is 4.31 Å². The van der Waals surface area contributed by atoms with Crippen molar-refractivity contribution in [2.45, 2.75) is 18.7 Å². The Balaban J connectivity index is 3.45. The molecule has 1 aromatic rings. The minimum Gasteiger partial charge on any atom is -0.398 e. The lowest BCUT2D eigenvalue weighted by Gasteiger charge is -2.17. The first-order valence-corrected chi connectivity index (χ1v) is 7.06. The number of hydrogen-bond donors (Lipinski definition) is 1. The van der Waals surface area contributed by atoms with E-state index >= 15 is 0 Å². The van der Waals surface area contributed by atoms with Crippen molar-refractivity contribution >= 4 is 31.6 Å². The zero-order valence-electron chi connectivity index (χ0n) is 9.49. The first-order valence-electron chi connectivity index (χ1n) is 4.82. The van der Waals surface area contributed by atoms with Crippen molar-refractivity contribution in [2.75, 3.05) is 19.3 Å². The molecular formula is C10H15BrN2O2S. The SMILES string of the molecule is CCN(C)S(=O)(=O)c1cc(Br)cc(N)c1C. The van der Waals surface area contributed by atoms with Crippen LogP contribution in [0.4, 0.5) is 5.69 Å². The molecule has 0 fully saturated rings. The minimum absolute atomic E-state index is 0.253. The number of anilines is 1. The van der Waals surface area contributed by atoms with Gasteiger partial charge in [-0.25, -0.2) is 12.7 Å². The van der Waals surface area contributed by atoms with Gasteiger partial charge in [-0.2, -0.15) is 0 Å². The van der Waals surface area contributed by atoms with Gasteiger partial charge in [-0.15, -0.1) is 0 Å². The molecule has 90 valence electrons. The summed E-state index contributed by atoms with van der Waals surface area (Å²) in [6.07, 6.45) is 0. The average Bonchev–Trinajstić information content (AvgIpc) is 2.21. The molecule has 4 nitrogen and oxygen atoms in total. The van der Waals surface area contributed by atoms with E-state index < -0.39 is 10.0 Å². The van der Waals surface area contributed by atoms with Crippen molar-refractivity contribution < 1.29 is 8.42 Å². The normalized spacial score (nSPS) is 12.1. The average molecular weight is 307 g/mol. The molecule has 1 rings (SSSR count). The first-order chi connectivity index (χ1) is 7.30. The molecule has 0 atom stereocenters. The second kappa shape index (κ2) is 4.73. The van der Waals surface area contributed by atoms with E-state index in [1.54, 1.807) is 33.0 Å². The minimum atomic E-state index is -3.44. The summed E-state index contributed by atoms with van der Waals surface area (Å²) >= 11 is 3.25. The number of rotatable bonds is 3. The summed E-state index contributed by atoms with van der Waals surface area (Å²) in [5, 5.41) is 0. The van der Waals surface area contributed by atoms with Crippen LogP contribution in [0.5, 0.6) is 0 Å². The van der Waals surface area contributed by atoms with Gasteiger partial charge in [0, 0.05) is 23.8 Å². The summed E-state index contributed by atoms with van der Waals surface area (Å²) in [4.78, 5) is 0.253. The van der Waals surface area contributed by atoms with Gasteiger partial charge in [-0.3, -0.25) is 0 Å². The Bertz CT molecular complexity index is 500. The summed E-state index contributed by atoms with van der Waals surface area (Å²) < 4.78 is 26.2. The van der Waals surface area contributed by atoms with Gasteiger partial charge in [0.1, 0.15) is 0 Å². The summed E-state index contributed by atoms with van der Waals surface area (Å²) in [7, 11) is -1.89. The fourth-order valence-electron chi connectivity index (χ4n) is 1.28. The molecular weight excluding hydrogens is 292 g/mol. The predicted octanol–water partition coefficient (Wildman–Crippen LogP) is 1.98. The van der Waals surface area contributed by atoms with Gasteiger partial charge in [0.25, 0.3) is 0 Å². The molecule has 0 saturated carbocycles. The highest BCUT2D eigenvalue weighted by molar-refractivity contribution is 9.10. The quantitative estimate of drug-likeness (QED) is 0.869. The fourth-order valence-corrected chi connectivity index (χ4v) is 3.36. The second-order valence-corrected chi connectivity index (χ2v) is 6.47. The van der Waals surface area contributed by atoms with E-state index in [2.05, 4.69) is 15.9 Å². The zero-order valence-corrected chi connectivity index (χ0v) is 11.9. The molecule has 0 unspecified atom stereocenters. The number of nitrogens with two attached hydrogens (primary N) is 1. The van der Waals surface area contributed by atoms with Crippen LogP contribution >= 0.6 is 15.9 Å². The lowest BCUT2D eigenvalue weighted by atomic mass is 10.2. The number of halogens is 1. The topological polar surface area (TPSA) is 63.4 Å². The maximum absolute atomic E-state index is 12.1. The lowest BCUT2D eigenvalue weighted by molar-refractivity contribution is 0.486. The van der Waals surface area contributed by atoms with Crippen LogP contribution in [0.25, 0.3) is 0 Å². The Kier molecular flexibility index (Phi) is 3.98. The number of benzene rings is 1. The van der Waals surface area contributed by atoms with Crippen LogP contribution in [0.3, 0.4) is 0 Å². The molecule has 0 radical (unpaired) electrons. The van der Waals surface area contributed by atoms with E-state index in [1.807, 2.05) is 0 Å². The van der Waals surface area contributed by atoms with Gasteiger partial charge < -0.3 is 5.73 Å². The molecule has 0 heterocycles. The highest BCUT2D eigenvalue weighted by Crippen LogP contribution is 2.27.